The molecule has 1 aliphatic heterocycles. The molecule has 1 aliphatic rings. The van der Waals surface area contributed by atoms with Crippen molar-refractivity contribution in [3.05, 3.63) is 131 Å². The summed E-state index contributed by atoms with van der Waals surface area (Å²) >= 11 is 0. The molecule has 1 unspecified atom stereocenters. The van der Waals surface area contributed by atoms with E-state index >= 15 is 0 Å². The van der Waals surface area contributed by atoms with Crippen LogP contribution in [0.1, 0.15) is 70.7 Å². The first kappa shape index (κ1) is 28.4. The van der Waals surface area contributed by atoms with Crippen LogP contribution in [0.3, 0.4) is 0 Å². The highest BCUT2D eigenvalue weighted by atomic mass is 19.1. The van der Waals surface area contributed by atoms with Crippen LogP contribution in [0.25, 0.3) is 10.9 Å². The highest BCUT2D eigenvalue weighted by Gasteiger charge is 2.36. The van der Waals surface area contributed by atoms with E-state index in [2.05, 4.69) is 24.1 Å². The highest BCUT2D eigenvalue weighted by molar-refractivity contribution is 6.12. The van der Waals surface area contributed by atoms with E-state index in [0.29, 0.717) is 33.3 Å². The third-order valence-electron chi connectivity index (χ3n) is 6.63. The molecule has 0 bridgehead atoms. The predicted molar refractivity (Wildman–Crippen MR) is 157 cm³/mol. The molecule has 0 saturated carbocycles. The van der Waals surface area contributed by atoms with Crippen molar-refractivity contribution in [1.82, 2.24) is 9.88 Å². The number of hydrogen-bond acceptors (Lipinski definition) is 4. The van der Waals surface area contributed by atoms with E-state index in [1.165, 1.54) is 12.1 Å². The number of fused-ring (bicyclic) bond motifs is 2. The van der Waals surface area contributed by atoms with Gasteiger partial charge in [0.1, 0.15) is 17.4 Å². The molecule has 3 aromatic carbocycles. The molecule has 0 aliphatic carbocycles. The zero-order valence-electron chi connectivity index (χ0n) is 23.0. The van der Waals surface area contributed by atoms with Gasteiger partial charge in [-0.15, -0.1) is 0 Å². The predicted octanol–water partition coefficient (Wildman–Crippen LogP) is 8.01. The number of hydrogen-bond donors (Lipinski definition) is 0. The zero-order chi connectivity index (χ0) is 28.5. The second-order valence-corrected chi connectivity index (χ2v) is 9.35. The van der Waals surface area contributed by atoms with Crippen molar-refractivity contribution in [3.63, 3.8) is 0 Å². The van der Waals surface area contributed by atoms with Crippen LogP contribution in [-0.2, 0) is 13.1 Å². The Kier molecular flexibility index (Phi) is 9.57. The summed E-state index contributed by atoms with van der Waals surface area (Å²) in [6, 6.07) is 19.3. The lowest BCUT2D eigenvalue weighted by Crippen LogP contribution is -2.23. The van der Waals surface area contributed by atoms with Crippen LogP contribution in [0.15, 0.2) is 97.2 Å². The molecule has 0 N–H and O–H groups in total. The second-order valence-electron chi connectivity index (χ2n) is 9.35. The third-order valence-corrected chi connectivity index (χ3v) is 6.63. The summed E-state index contributed by atoms with van der Waals surface area (Å²) < 4.78 is 19.9. The minimum absolute atomic E-state index is 0.248. The van der Waals surface area contributed by atoms with Crippen LogP contribution in [0, 0.1) is 5.82 Å². The summed E-state index contributed by atoms with van der Waals surface area (Å²) in [4.78, 5) is 32.0. The van der Waals surface area contributed by atoms with Gasteiger partial charge in [0.25, 0.3) is 5.91 Å². The van der Waals surface area contributed by atoms with Gasteiger partial charge in [-0.3, -0.25) is 14.6 Å². The molecule has 204 valence electrons. The number of halogens is 1. The van der Waals surface area contributed by atoms with Crippen LogP contribution in [0.5, 0.6) is 5.75 Å². The van der Waals surface area contributed by atoms with Gasteiger partial charge in [0, 0.05) is 30.2 Å². The van der Waals surface area contributed by atoms with E-state index < -0.39 is 6.10 Å². The number of carbonyl (C=O) groups excluding carboxylic acids is 2. The van der Waals surface area contributed by atoms with Crippen molar-refractivity contribution < 1.29 is 18.7 Å². The number of pyridine rings is 1. The average molecular weight is 537 g/mol. The summed E-state index contributed by atoms with van der Waals surface area (Å²) in [7, 11) is 0. The lowest BCUT2D eigenvalue weighted by Gasteiger charge is -2.20. The van der Waals surface area contributed by atoms with Crippen molar-refractivity contribution in [2.75, 3.05) is 0 Å². The lowest BCUT2D eigenvalue weighted by atomic mass is 9.97. The van der Waals surface area contributed by atoms with Crippen LogP contribution in [-0.4, -0.2) is 22.1 Å². The van der Waals surface area contributed by atoms with Gasteiger partial charge < -0.3 is 9.64 Å². The Morgan fingerprint density at radius 1 is 1.02 bits per heavy atom. The SMILES string of the molecule is C/C=C/C(Oc1c2c(c(C=O)c3cccnc13)CN(Cc1ccc(F)cc1)C2=O)c1ccccc1.C/C=C\CC. The first-order chi connectivity index (χ1) is 19.5. The van der Waals surface area contributed by atoms with Crippen molar-refractivity contribution in [2.45, 2.75) is 46.4 Å². The van der Waals surface area contributed by atoms with Crippen molar-refractivity contribution in [2.24, 2.45) is 0 Å². The molecular formula is C34H33FN2O3. The van der Waals surface area contributed by atoms with Crippen LogP contribution < -0.4 is 4.74 Å². The highest BCUT2D eigenvalue weighted by Crippen LogP contribution is 2.42. The van der Waals surface area contributed by atoms with Crippen LogP contribution in [0.2, 0.25) is 0 Å². The Hall–Kier alpha value is -4.58. The fourth-order valence-electron chi connectivity index (χ4n) is 4.75. The smallest absolute Gasteiger partial charge is 0.258 e. The van der Waals surface area contributed by atoms with Crippen molar-refractivity contribution >= 4 is 23.1 Å². The summed E-state index contributed by atoms with van der Waals surface area (Å²) in [6.45, 7) is 6.60. The standard InChI is InChI=1S/C29H23FN2O3.C5H10/c1-2-7-25(20-8-4-3-5-9-20)35-28-26-23(24(18-33)22-10-6-15-31-27(22)28)17-32(29(26)34)16-19-11-13-21(30)14-12-19;1-3-5-4-2/h2-15,18,25H,16-17H2,1H3;3,5H,4H2,1-2H3/b7-2+;5-3-. The maximum absolute atomic E-state index is 13.7. The minimum Gasteiger partial charge on any atom is -0.478 e. The lowest BCUT2D eigenvalue weighted by molar-refractivity contribution is 0.0762. The van der Waals surface area contributed by atoms with E-state index in [1.807, 2.05) is 62.4 Å². The van der Waals surface area contributed by atoms with Crippen LogP contribution in [0.4, 0.5) is 4.39 Å². The fraction of sp³-hybridized carbons (Fsp3) is 0.206. The molecule has 6 heteroatoms. The van der Waals surface area contributed by atoms with Gasteiger partial charge in [0.2, 0.25) is 0 Å². The first-order valence-electron chi connectivity index (χ1n) is 13.4. The Morgan fingerprint density at radius 2 is 1.77 bits per heavy atom. The van der Waals surface area contributed by atoms with Gasteiger partial charge >= 0.3 is 0 Å². The largest absolute Gasteiger partial charge is 0.478 e. The van der Waals surface area contributed by atoms with E-state index in [1.54, 1.807) is 29.3 Å². The number of rotatable bonds is 8. The third kappa shape index (κ3) is 6.18. The number of amides is 1. The van der Waals surface area contributed by atoms with Gasteiger partial charge in [-0.05, 0) is 61.2 Å². The maximum atomic E-state index is 13.7. The molecule has 40 heavy (non-hydrogen) atoms. The van der Waals surface area contributed by atoms with Crippen molar-refractivity contribution in [3.8, 4) is 5.75 Å². The minimum atomic E-state index is -0.448. The van der Waals surface area contributed by atoms with E-state index in [-0.39, 0.29) is 24.8 Å². The first-order valence-corrected chi connectivity index (χ1v) is 13.4. The molecule has 1 amide bonds. The Morgan fingerprint density at radius 3 is 2.40 bits per heavy atom. The van der Waals surface area contributed by atoms with E-state index in [9.17, 15) is 14.0 Å². The maximum Gasteiger partial charge on any atom is 0.258 e. The summed E-state index contributed by atoms with van der Waals surface area (Å²) in [5, 5.41) is 0.639. The summed E-state index contributed by atoms with van der Waals surface area (Å²) in [5.74, 6) is -0.223. The number of allylic oxidation sites excluding steroid dienone is 3. The number of nitrogens with zero attached hydrogens (tertiary/aromatic N) is 2. The molecule has 1 atom stereocenters. The van der Waals surface area contributed by atoms with E-state index in [4.69, 9.17) is 4.74 Å². The van der Waals surface area contributed by atoms with Gasteiger partial charge in [-0.1, -0.05) is 73.7 Å². The molecule has 5 rings (SSSR count). The summed E-state index contributed by atoms with van der Waals surface area (Å²) in [5.41, 5.74) is 3.60. The molecule has 1 aromatic heterocycles. The quantitative estimate of drug-likeness (QED) is 0.169. The van der Waals surface area contributed by atoms with Crippen LogP contribution >= 0.6 is 0 Å². The number of ether oxygens (including phenoxy) is 1. The molecule has 2 heterocycles. The zero-order valence-corrected chi connectivity index (χ0v) is 23.0. The molecule has 0 fully saturated rings. The number of aldehydes is 1. The van der Waals surface area contributed by atoms with Gasteiger partial charge in [-0.25, -0.2) is 4.39 Å². The molecule has 0 spiro atoms. The molecule has 5 nitrogen and oxygen atoms in total. The molecule has 0 radical (unpaired) electrons. The molecule has 4 aromatic rings. The number of carbonyl (C=O) groups is 2. The Balaban J connectivity index is 0.000000681. The van der Waals surface area contributed by atoms with Gasteiger partial charge in [-0.2, -0.15) is 0 Å². The number of aromatic nitrogens is 1. The molecular weight excluding hydrogens is 503 g/mol. The van der Waals surface area contributed by atoms with Gasteiger partial charge in [0.05, 0.1) is 5.56 Å². The molecule has 0 saturated heterocycles. The topological polar surface area (TPSA) is 59.5 Å². The monoisotopic (exact) mass is 536 g/mol. The fourth-order valence-corrected chi connectivity index (χ4v) is 4.75. The Bertz CT molecular complexity index is 1530. The normalized spacial score (nSPS) is 13.4. The van der Waals surface area contributed by atoms with Gasteiger partial charge in [0.15, 0.2) is 12.0 Å². The second kappa shape index (κ2) is 13.5. The Labute approximate surface area is 234 Å². The average Bonchev–Trinajstić information content (AvgIpc) is 3.30. The number of benzene rings is 3. The van der Waals surface area contributed by atoms with Crippen molar-refractivity contribution in [1.29, 1.82) is 0 Å². The summed E-state index contributed by atoms with van der Waals surface area (Å²) in [6.07, 6.45) is 11.1. The van der Waals surface area contributed by atoms with E-state index in [0.717, 1.165) is 23.8 Å².